The molecule has 0 unspecified atom stereocenters. The highest BCUT2D eigenvalue weighted by molar-refractivity contribution is 6.30. The van der Waals surface area contributed by atoms with E-state index >= 15 is 0 Å². The first kappa shape index (κ1) is 8.53. The molecule has 0 saturated carbocycles. The van der Waals surface area contributed by atoms with Gasteiger partial charge in [-0.15, -0.1) is 0 Å². The number of rotatable bonds is 2. The number of ether oxygens (including phenoxy) is 1. The first-order chi connectivity index (χ1) is 6.18. The van der Waals surface area contributed by atoms with Crippen molar-refractivity contribution in [1.29, 1.82) is 0 Å². The number of hydrogen-bond donors (Lipinski definition) is 1. The molecule has 1 N–H and O–H groups in total. The topological polar surface area (TPSA) is 49.8 Å². The van der Waals surface area contributed by atoms with Gasteiger partial charge >= 0.3 is 5.97 Å². The molecule has 0 aliphatic carbocycles. The predicted octanol–water partition coefficient (Wildman–Crippen LogP) is 1.86. The van der Waals surface area contributed by atoms with Gasteiger partial charge in [0.15, 0.2) is 6.10 Å². The van der Waals surface area contributed by atoms with Crippen LogP contribution in [0.2, 0.25) is 5.02 Å². The van der Waals surface area contributed by atoms with Crippen LogP contribution in [0.15, 0.2) is 24.3 Å². The zero-order chi connectivity index (χ0) is 9.42. The van der Waals surface area contributed by atoms with E-state index in [0.717, 1.165) is 5.56 Å². The molecule has 1 aromatic carbocycles. The van der Waals surface area contributed by atoms with Gasteiger partial charge in [0.2, 0.25) is 0 Å². The Morgan fingerprint density at radius 1 is 1.54 bits per heavy atom. The van der Waals surface area contributed by atoms with Gasteiger partial charge in [-0.2, -0.15) is 0 Å². The van der Waals surface area contributed by atoms with Crippen molar-refractivity contribution in [3.05, 3.63) is 34.9 Å². The van der Waals surface area contributed by atoms with Crippen LogP contribution in [0.1, 0.15) is 11.7 Å². The highest BCUT2D eigenvalue weighted by Crippen LogP contribution is 2.39. The van der Waals surface area contributed by atoms with Gasteiger partial charge in [-0.05, 0) is 17.7 Å². The van der Waals surface area contributed by atoms with Gasteiger partial charge in [0.1, 0.15) is 6.10 Å². The van der Waals surface area contributed by atoms with E-state index in [-0.39, 0.29) is 6.10 Å². The Morgan fingerprint density at radius 2 is 2.31 bits per heavy atom. The first-order valence-electron chi connectivity index (χ1n) is 3.82. The van der Waals surface area contributed by atoms with E-state index in [9.17, 15) is 4.79 Å². The summed E-state index contributed by atoms with van der Waals surface area (Å²) < 4.78 is 4.96. The maximum absolute atomic E-state index is 10.5. The van der Waals surface area contributed by atoms with Gasteiger partial charge in [0.25, 0.3) is 0 Å². The normalized spacial score (nSPS) is 25.6. The van der Waals surface area contributed by atoms with Crippen LogP contribution in [0, 0.1) is 0 Å². The molecule has 68 valence electrons. The maximum Gasteiger partial charge on any atom is 0.335 e. The summed E-state index contributed by atoms with van der Waals surface area (Å²) in [7, 11) is 0. The van der Waals surface area contributed by atoms with Crippen molar-refractivity contribution in [2.24, 2.45) is 0 Å². The second-order valence-electron chi connectivity index (χ2n) is 2.87. The van der Waals surface area contributed by atoms with Crippen LogP contribution in [0.3, 0.4) is 0 Å². The fourth-order valence-corrected chi connectivity index (χ4v) is 1.44. The van der Waals surface area contributed by atoms with Gasteiger partial charge in [-0.1, -0.05) is 23.7 Å². The number of carbonyl (C=O) groups is 1. The predicted molar refractivity (Wildman–Crippen MR) is 46.7 cm³/mol. The van der Waals surface area contributed by atoms with E-state index in [4.69, 9.17) is 21.4 Å². The molecule has 1 aliphatic rings. The Bertz CT molecular complexity index is 350. The molecule has 0 radical (unpaired) electrons. The number of benzene rings is 1. The third-order valence-electron chi connectivity index (χ3n) is 1.91. The van der Waals surface area contributed by atoms with Crippen LogP contribution < -0.4 is 0 Å². The largest absolute Gasteiger partial charge is 0.479 e. The Labute approximate surface area is 79.9 Å². The second kappa shape index (κ2) is 3.01. The van der Waals surface area contributed by atoms with Gasteiger partial charge < -0.3 is 9.84 Å². The molecule has 1 fully saturated rings. The minimum atomic E-state index is -0.926. The Kier molecular flexibility index (Phi) is 1.98. The molecule has 1 saturated heterocycles. The van der Waals surface area contributed by atoms with E-state index in [1.165, 1.54) is 0 Å². The lowest BCUT2D eigenvalue weighted by atomic mass is 10.1. The monoisotopic (exact) mass is 198 g/mol. The van der Waals surface area contributed by atoms with E-state index < -0.39 is 12.1 Å². The smallest absolute Gasteiger partial charge is 0.335 e. The minimum Gasteiger partial charge on any atom is -0.479 e. The standard InChI is InChI=1S/C9H7ClO3/c10-6-3-1-2-5(4-6)7-8(13-7)9(11)12/h1-4,7-8H,(H,11,12)/t7-,8+/m1/s1. The molecule has 0 amide bonds. The van der Waals surface area contributed by atoms with Crippen molar-refractivity contribution in [1.82, 2.24) is 0 Å². The Balaban J connectivity index is 2.16. The molecule has 1 aliphatic heterocycles. The summed E-state index contributed by atoms with van der Waals surface area (Å²) in [5, 5.41) is 9.19. The van der Waals surface area contributed by atoms with Gasteiger partial charge in [0, 0.05) is 5.02 Å². The van der Waals surface area contributed by atoms with Crippen molar-refractivity contribution in [2.45, 2.75) is 12.2 Å². The number of carboxylic acid groups (broad SMARTS) is 1. The molecule has 2 rings (SSSR count). The van der Waals surface area contributed by atoms with Crippen molar-refractivity contribution < 1.29 is 14.6 Å². The molecule has 4 heteroatoms. The minimum absolute atomic E-state index is 0.323. The highest BCUT2D eigenvalue weighted by atomic mass is 35.5. The van der Waals surface area contributed by atoms with Crippen LogP contribution in [-0.2, 0) is 9.53 Å². The van der Waals surface area contributed by atoms with Crippen LogP contribution in [0.4, 0.5) is 0 Å². The van der Waals surface area contributed by atoms with Gasteiger partial charge in [-0.25, -0.2) is 4.79 Å². The van der Waals surface area contributed by atoms with Gasteiger partial charge in [-0.3, -0.25) is 0 Å². The molecule has 0 bridgehead atoms. The zero-order valence-corrected chi connectivity index (χ0v) is 7.36. The molecule has 2 atom stereocenters. The number of epoxide rings is 1. The van der Waals surface area contributed by atoms with E-state index in [1.807, 2.05) is 0 Å². The molecule has 13 heavy (non-hydrogen) atoms. The fourth-order valence-electron chi connectivity index (χ4n) is 1.24. The summed E-state index contributed by atoms with van der Waals surface area (Å²) in [4.78, 5) is 10.5. The third kappa shape index (κ3) is 1.66. The molecular weight excluding hydrogens is 192 g/mol. The quantitative estimate of drug-likeness (QED) is 0.738. The zero-order valence-electron chi connectivity index (χ0n) is 6.61. The van der Waals surface area contributed by atoms with Crippen LogP contribution in [0.5, 0.6) is 0 Å². The molecule has 0 aromatic heterocycles. The van der Waals surface area contributed by atoms with Crippen LogP contribution >= 0.6 is 11.6 Å². The summed E-state index contributed by atoms with van der Waals surface area (Å²) in [6.07, 6.45) is -1.02. The Hall–Kier alpha value is -1.06. The molecule has 3 nitrogen and oxygen atoms in total. The third-order valence-corrected chi connectivity index (χ3v) is 2.15. The average Bonchev–Trinajstić information content (AvgIpc) is 2.82. The van der Waals surface area contributed by atoms with E-state index in [0.29, 0.717) is 5.02 Å². The summed E-state index contributed by atoms with van der Waals surface area (Å²) >= 11 is 5.74. The molecule has 1 aromatic rings. The number of halogens is 1. The van der Waals surface area contributed by atoms with Crippen LogP contribution in [-0.4, -0.2) is 17.2 Å². The van der Waals surface area contributed by atoms with Gasteiger partial charge in [0.05, 0.1) is 0 Å². The summed E-state index contributed by atoms with van der Waals surface area (Å²) in [5.74, 6) is -0.926. The maximum atomic E-state index is 10.5. The highest BCUT2D eigenvalue weighted by Gasteiger charge is 2.46. The second-order valence-corrected chi connectivity index (χ2v) is 3.31. The lowest BCUT2D eigenvalue weighted by molar-refractivity contribution is -0.138. The molecular formula is C9H7ClO3. The average molecular weight is 199 g/mol. The lowest BCUT2D eigenvalue weighted by Crippen LogP contribution is -2.04. The SMILES string of the molecule is O=C(O)[C@H]1O[C@@H]1c1cccc(Cl)c1. The van der Waals surface area contributed by atoms with Crippen molar-refractivity contribution in [3.8, 4) is 0 Å². The number of hydrogen-bond acceptors (Lipinski definition) is 2. The fraction of sp³-hybridized carbons (Fsp3) is 0.222. The van der Waals surface area contributed by atoms with Crippen molar-refractivity contribution >= 4 is 17.6 Å². The molecule has 1 heterocycles. The summed E-state index contributed by atoms with van der Waals surface area (Å²) in [6, 6.07) is 7.04. The van der Waals surface area contributed by atoms with Crippen molar-refractivity contribution in [2.75, 3.05) is 0 Å². The summed E-state index contributed by atoms with van der Waals surface area (Å²) in [6.45, 7) is 0. The first-order valence-corrected chi connectivity index (χ1v) is 4.20. The number of aliphatic carboxylic acids is 1. The van der Waals surface area contributed by atoms with Crippen molar-refractivity contribution in [3.63, 3.8) is 0 Å². The Morgan fingerprint density at radius 3 is 2.85 bits per heavy atom. The molecule has 0 spiro atoms. The van der Waals surface area contributed by atoms with Crippen LogP contribution in [0.25, 0.3) is 0 Å². The summed E-state index contributed by atoms with van der Waals surface area (Å²) in [5.41, 5.74) is 0.819. The van der Waals surface area contributed by atoms with E-state index in [2.05, 4.69) is 0 Å². The van der Waals surface area contributed by atoms with E-state index in [1.54, 1.807) is 24.3 Å². The lowest BCUT2D eigenvalue weighted by Gasteiger charge is -1.94. The number of carboxylic acids is 1.